The molecule has 0 atom stereocenters. The Bertz CT molecular complexity index is 2040. The van der Waals surface area contributed by atoms with Crippen LogP contribution in [0.1, 0.15) is 89.3 Å². The van der Waals surface area contributed by atoms with Crippen LogP contribution in [-0.4, -0.2) is 95.1 Å². The zero-order valence-corrected chi connectivity index (χ0v) is 38.6. The van der Waals surface area contributed by atoms with Gasteiger partial charge in [0.25, 0.3) is 0 Å². The van der Waals surface area contributed by atoms with E-state index < -0.39 is 73.6 Å². The highest BCUT2D eigenvalue weighted by atomic mass is 16.6. The quantitative estimate of drug-likeness (QED) is 0.0244. The zero-order valence-electron chi connectivity index (χ0n) is 38.6. The van der Waals surface area contributed by atoms with Gasteiger partial charge in [-0.25, -0.2) is 33.6 Å². The zero-order chi connectivity index (χ0) is 48.3. The first-order chi connectivity index (χ1) is 31.7. The largest absolute Gasteiger partial charge is 0.492 e. The van der Waals surface area contributed by atoms with Gasteiger partial charge in [0.1, 0.15) is 49.9 Å². The van der Waals surface area contributed by atoms with Crippen molar-refractivity contribution in [1.82, 2.24) is 0 Å². The third-order valence-electron chi connectivity index (χ3n) is 9.97. The van der Waals surface area contributed by atoms with E-state index in [0.29, 0.717) is 30.8 Å². The SMILES string of the molecule is C=C(C)C(=O)OCCCc1cc(-c2ccc(OCc3ccc(CCCCCCCC)cc3)cc2)ccc1OCC(COC(=O)C(=O)OC)(COC(=O)C(=O)OCC)COC(=O)C(=O)OCC. The fraction of sp³-hybridized carbons (Fsp3) is 0.460. The number of esters is 7. The molecule has 0 spiro atoms. The molecule has 0 unspecified atom stereocenters. The monoisotopic (exact) mass is 918 g/mol. The van der Waals surface area contributed by atoms with E-state index in [4.69, 9.17) is 37.9 Å². The summed E-state index contributed by atoms with van der Waals surface area (Å²) < 4.78 is 47.1. The molecule has 0 aliphatic rings. The van der Waals surface area contributed by atoms with Gasteiger partial charge in [0, 0.05) is 5.57 Å². The topological polar surface area (TPSA) is 203 Å². The molecule has 0 radical (unpaired) electrons. The molecule has 0 N–H and O–H groups in total. The third kappa shape index (κ3) is 18.8. The first kappa shape index (κ1) is 53.6. The van der Waals surface area contributed by atoms with Crippen LogP contribution in [0.15, 0.2) is 78.9 Å². The second-order valence-electron chi connectivity index (χ2n) is 15.4. The first-order valence-corrected chi connectivity index (χ1v) is 22.1. The lowest BCUT2D eigenvalue weighted by Gasteiger charge is -2.32. The Balaban J connectivity index is 1.88. The number of methoxy groups -OCH3 is 1. The molecule has 0 bridgehead atoms. The second-order valence-corrected chi connectivity index (χ2v) is 15.4. The van der Waals surface area contributed by atoms with E-state index >= 15 is 0 Å². The molecule has 0 aliphatic carbocycles. The number of aryl methyl sites for hydroxylation is 2. The van der Waals surface area contributed by atoms with Crippen molar-refractivity contribution in [2.45, 2.75) is 92.1 Å². The maximum absolute atomic E-state index is 12.6. The number of carbonyl (C=O) groups excluding carboxylic acids is 7. The van der Waals surface area contributed by atoms with Gasteiger partial charge < -0.3 is 42.6 Å². The van der Waals surface area contributed by atoms with Gasteiger partial charge in [-0.2, -0.15) is 0 Å². The lowest BCUT2D eigenvalue weighted by Crippen LogP contribution is -2.46. The molecular weight excluding hydrogens is 857 g/mol. The highest BCUT2D eigenvalue weighted by Gasteiger charge is 2.40. The number of ether oxygens (including phenoxy) is 9. The minimum atomic E-state index is -1.85. The van der Waals surface area contributed by atoms with E-state index in [-0.39, 0.29) is 31.1 Å². The standard InChI is InChI=1S/C50H62O16/c1-7-10-11-12-13-14-16-36-18-20-37(21-19-36)30-62-41-25-22-38(23-26-41)39-24-27-42(40(29-39)17-15-28-61-43(51)35(4)5)63-31-50(32-64-45(53)44(52)58-6,33-65-48(56)46(54)59-8-2)34-66-49(57)47(55)60-9-3/h18-27,29H,4,7-17,28,30-34H2,1-3,5-6H3. The van der Waals surface area contributed by atoms with Crippen LogP contribution >= 0.6 is 0 Å². The number of unbranched alkanes of at least 4 members (excludes halogenated alkanes) is 5. The Kier molecular flexibility index (Phi) is 23.5. The number of benzene rings is 3. The van der Waals surface area contributed by atoms with Crippen molar-refractivity contribution in [3.05, 3.63) is 95.6 Å². The molecule has 0 aromatic heterocycles. The molecule has 0 fully saturated rings. The molecule has 0 saturated heterocycles. The molecule has 0 aliphatic heterocycles. The molecule has 16 heteroatoms. The molecule has 358 valence electrons. The van der Waals surface area contributed by atoms with Crippen molar-refractivity contribution in [3.63, 3.8) is 0 Å². The van der Waals surface area contributed by atoms with Gasteiger partial charge >= 0.3 is 41.8 Å². The molecule has 3 aromatic carbocycles. The summed E-state index contributed by atoms with van der Waals surface area (Å²) in [6.07, 6.45) is 9.27. The van der Waals surface area contributed by atoms with E-state index in [9.17, 15) is 33.6 Å². The van der Waals surface area contributed by atoms with Crippen LogP contribution in [0.3, 0.4) is 0 Å². The Morgan fingerprint density at radius 2 is 1.05 bits per heavy atom. The lowest BCUT2D eigenvalue weighted by molar-refractivity contribution is -0.181. The van der Waals surface area contributed by atoms with Gasteiger partial charge in [-0.15, -0.1) is 0 Å². The Morgan fingerprint density at radius 3 is 1.61 bits per heavy atom. The van der Waals surface area contributed by atoms with Crippen LogP contribution in [0.5, 0.6) is 11.5 Å². The van der Waals surface area contributed by atoms with Gasteiger partial charge in [-0.1, -0.05) is 88.1 Å². The summed E-state index contributed by atoms with van der Waals surface area (Å²) in [5, 5.41) is 0. The number of carbonyl (C=O) groups is 7. The van der Waals surface area contributed by atoms with Crippen LogP contribution in [0, 0.1) is 5.41 Å². The van der Waals surface area contributed by atoms with Crippen LogP contribution < -0.4 is 9.47 Å². The maximum Gasteiger partial charge on any atom is 0.417 e. The maximum atomic E-state index is 12.6. The summed E-state index contributed by atoms with van der Waals surface area (Å²) in [7, 11) is 0.951. The van der Waals surface area contributed by atoms with Crippen molar-refractivity contribution in [2.75, 3.05) is 53.4 Å². The van der Waals surface area contributed by atoms with E-state index in [1.807, 2.05) is 30.3 Å². The first-order valence-electron chi connectivity index (χ1n) is 22.1. The molecule has 66 heavy (non-hydrogen) atoms. The van der Waals surface area contributed by atoms with Crippen molar-refractivity contribution in [2.24, 2.45) is 5.41 Å². The van der Waals surface area contributed by atoms with Gasteiger partial charge in [-0.05, 0) is 98.5 Å². The molecule has 0 amide bonds. The molecular formula is C50H62O16. The average Bonchev–Trinajstić information content (AvgIpc) is 3.32. The molecule has 0 saturated carbocycles. The second kappa shape index (κ2) is 29.0. The molecule has 3 aromatic rings. The fourth-order valence-electron chi connectivity index (χ4n) is 6.24. The third-order valence-corrected chi connectivity index (χ3v) is 9.97. The van der Waals surface area contributed by atoms with Crippen molar-refractivity contribution < 1.29 is 76.2 Å². The lowest BCUT2D eigenvalue weighted by atomic mass is 9.92. The van der Waals surface area contributed by atoms with E-state index in [1.165, 1.54) is 64.9 Å². The summed E-state index contributed by atoms with van der Waals surface area (Å²) in [4.78, 5) is 86.0. The summed E-state index contributed by atoms with van der Waals surface area (Å²) in [6, 6.07) is 21.3. The Morgan fingerprint density at radius 1 is 0.515 bits per heavy atom. The van der Waals surface area contributed by atoms with Gasteiger partial charge in [-0.3, -0.25) is 0 Å². The molecule has 0 heterocycles. The average molecular weight is 919 g/mol. The normalized spacial score (nSPS) is 10.8. The van der Waals surface area contributed by atoms with Gasteiger partial charge in [0.05, 0.1) is 26.9 Å². The van der Waals surface area contributed by atoms with Crippen LogP contribution in [0.4, 0.5) is 0 Å². The minimum absolute atomic E-state index is 0.0459. The Labute approximate surface area is 386 Å². The van der Waals surface area contributed by atoms with Gasteiger partial charge in [0.15, 0.2) is 0 Å². The van der Waals surface area contributed by atoms with E-state index in [0.717, 1.165) is 30.2 Å². The van der Waals surface area contributed by atoms with Crippen molar-refractivity contribution >= 4 is 41.8 Å². The van der Waals surface area contributed by atoms with Crippen LogP contribution in [0.2, 0.25) is 0 Å². The van der Waals surface area contributed by atoms with Crippen molar-refractivity contribution in [1.29, 1.82) is 0 Å². The van der Waals surface area contributed by atoms with Crippen LogP contribution in [-0.2, 0) is 86.2 Å². The van der Waals surface area contributed by atoms with E-state index in [2.05, 4.69) is 42.5 Å². The van der Waals surface area contributed by atoms with Crippen molar-refractivity contribution in [3.8, 4) is 22.6 Å². The summed E-state index contributed by atoms with van der Waals surface area (Å²) in [5.74, 6) is -7.98. The fourth-order valence-corrected chi connectivity index (χ4v) is 6.24. The Hall–Kier alpha value is -6.71. The summed E-state index contributed by atoms with van der Waals surface area (Å²) >= 11 is 0. The van der Waals surface area contributed by atoms with Crippen LogP contribution in [0.25, 0.3) is 11.1 Å². The minimum Gasteiger partial charge on any atom is -0.492 e. The number of hydrogen-bond donors (Lipinski definition) is 0. The number of hydrogen-bond acceptors (Lipinski definition) is 16. The summed E-state index contributed by atoms with van der Waals surface area (Å²) in [6.45, 7) is 7.48. The smallest absolute Gasteiger partial charge is 0.417 e. The summed E-state index contributed by atoms with van der Waals surface area (Å²) in [5.41, 5.74) is 2.99. The van der Waals surface area contributed by atoms with Gasteiger partial charge in [0.2, 0.25) is 0 Å². The molecule has 3 rings (SSSR count). The highest BCUT2D eigenvalue weighted by molar-refractivity contribution is 6.30. The number of rotatable bonds is 27. The highest BCUT2D eigenvalue weighted by Crippen LogP contribution is 2.31. The predicted molar refractivity (Wildman–Crippen MR) is 240 cm³/mol. The van der Waals surface area contributed by atoms with E-state index in [1.54, 1.807) is 12.1 Å². The molecule has 16 nitrogen and oxygen atoms in total. The predicted octanol–water partition coefficient (Wildman–Crippen LogP) is 7.18.